The molecule has 0 bridgehead atoms. The largest absolute Gasteiger partial charge is 0.314 e. The van der Waals surface area contributed by atoms with E-state index in [1.807, 2.05) is 17.4 Å². The van der Waals surface area contributed by atoms with Gasteiger partial charge in [0.15, 0.2) is 0 Å². The van der Waals surface area contributed by atoms with Crippen molar-refractivity contribution in [1.82, 2.24) is 5.32 Å². The van der Waals surface area contributed by atoms with Crippen LogP contribution < -0.4 is 5.32 Å². The summed E-state index contributed by atoms with van der Waals surface area (Å²) in [6.45, 7) is 1.20. The Morgan fingerprint density at radius 1 is 1.31 bits per heavy atom. The standard InChI is InChI=1S/C13H18ClNS/c14-12-6-7-16-13(12)11-3-1-2-9(11)8-15-10-4-5-10/h6-7,9-11,15H,1-5,8H2. The monoisotopic (exact) mass is 255 g/mol. The van der Waals surface area contributed by atoms with Gasteiger partial charge in [0.2, 0.25) is 0 Å². The maximum atomic E-state index is 6.25. The van der Waals surface area contributed by atoms with Gasteiger partial charge in [-0.2, -0.15) is 0 Å². The van der Waals surface area contributed by atoms with Crippen LogP contribution in [0.4, 0.5) is 0 Å². The molecule has 0 aromatic carbocycles. The highest BCUT2D eigenvalue weighted by atomic mass is 35.5. The molecule has 3 rings (SSSR count). The normalized spacial score (nSPS) is 29.8. The lowest BCUT2D eigenvalue weighted by Gasteiger charge is -2.19. The predicted octanol–water partition coefficient (Wildman–Crippen LogP) is 4.04. The van der Waals surface area contributed by atoms with Gasteiger partial charge in [0, 0.05) is 10.9 Å². The summed E-state index contributed by atoms with van der Waals surface area (Å²) >= 11 is 8.09. The molecule has 0 spiro atoms. The fraction of sp³-hybridized carbons (Fsp3) is 0.692. The van der Waals surface area contributed by atoms with Gasteiger partial charge in [-0.3, -0.25) is 0 Å². The van der Waals surface area contributed by atoms with E-state index < -0.39 is 0 Å². The smallest absolute Gasteiger partial charge is 0.0547 e. The minimum atomic E-state index is 0.721. The van der Waals surface area contributed by atoms with Crippen molar-refractivity contribution in [3.05, 3.63) is 21.3 Å². The molecule has 3 heteroatoms. The first-order valence-corrected chi connectivity index (χ1v) is 7.56. The molecule has 2 atom stereocenters. The zero-order valence-corrected chi connectivity index (χ0v) is 11.0. The number of hydrogen-bond acceptors (Lipinski definition) is 2. The summed E-state index contributed by atoms with van der Waals surface area (Å²) in [5, 5.41) is 6.79. The van der Waals surface area contributed by atoms with Gasteiger partial charge in [-0.1, -0.05) is 18.0 Å². The van der Waals surface area contributed by atoms with Gasteiger partial charge >= 0.3 is 0 Å². The molecule has 2 unspecified atom stereocenters. The summed E-state index contributed by atoms with van der Waals surface area (Å²) in [4.78, 5) is 1.43. The second-order valence-electron chi connectivity index (χ2n) is 5.11. The number of nitrogens with one attached hydrogen (secondary N) is 1. The molecular formula is C13H18ClNS. The van der Waals surface area contributed by atoms with Gasteiger partial charge in [-0.15, -0.1) is 11.3 Å². The zero-order chi connectivity index (χ0) is 11.0. The fourth-order valence-corrected chi connectivity index (χ4v) is 4.23. The lowest BCUT2D eigenvalue weighted by atomic mass is 9.94. The highest BCUT2D eigenvalue weighted by Gasteiger charge is 2.32. The van der Waals surface area contributed by atoms with Crippen LogP contribution in [0.2, 0.25) is 5.02 Å². The zero-order valence-electron chi connectivity index (χ0n) is 9.42. The molecule has 2 aliphatic carbocycles. The van der Waals surface area contributed by atoms with Crippen molar-refractivity contribution < 1.29 is 0 Å². The van der Waals surface area contributed by atoms with Crippen molar-refractivity contribution in [2.75, 3.05) is 6.54 Å². The molecule has 1 aromatic rings. The number of thiophene rings is 1. The van der Waals surface area contributed by atoms with E-state index in [0.717, 1.165) is 22.9 Å². The topological polar surface area (TPSA) is 12.0 Å². The highest BCUT2D eigenvalue weighted by Crippen LogP contribution is 2.44. The van der Waals surface area contributed by atoms with E-state index in [1.54, 1.807) is 0 Å². The number of halogens is 1. The van der Waals surface area contributed by atoms with E-state index in [2.05, 4.69) is 10.7 Å². The predicted molar refractivity (Wildman–Crippen MR) is 70.4 cm³/mol. The van der Waals surface area contributed by atoms with Crippen LogP contribution in [0.25, 0.3) is 0 Å². The van der Waals surface area contributed by atoms with E-state index >= 15 is 0 Å². The molecule has 0 amide bonds. The Morgan fingerprint density at radius 2 is 2.19 bits per heavy atom. The maximum absolute atomic E-state index is 6.25. The minimum Gasteiger partial charge on any atom is -0.314 e. The average molecular weight is 256 g/mol. The van der Waals surface area contributed by atoms with E-state index in [9.17, 15) is 0 Å². The summed E-state index contributed by atoms with van der Waals surface area (Å²) < 4.78 is 0. The third-order valence-electron chi connectivity index (χ3n) is 3.89. The van der Waals surface area contributed by atoms with Crippen molar-refractivity contribution in [2.24, 2.45) is 5.92 Å². The summed E-state index contributed by atoms with van der Waals surface area (Å²) in [5.74, 6) is 1.54. The van der Waals surface area contributed by atoms with E-state index in [-0.39, 0.29) is 0 Å². The molecular weight excluding hydrogens is 238 g/mol. The molecule has 1 aromatic heterocycles. The minimum absolute atomic E-state index is 0.721. The van der Waals surface area contributed by atoms with Crippen LogP contribution in [-0.2, 0) is 0 Å². The van der Waals surface area contributed by atoms with Crippen LogP contribution in [0.15, 0.2) is 11.4 Å². The summed E-state index contributed by atoms with van der Waals surface area (Å²) in [5.41, 5.74) is 0. The molecule has 0 aliphatic heterocycles. The SMILES string of the molecule is Clc1ccsc1C1CCCC1CNC1CC1. The van der Waals surface area contributed by atoms with Crippen LogP contribution in [-0.4, -0.2) is 12.6 Å². The maximum Gasteiger partial charge on any atom is 0.0547 e. The van der Waals surface area contributed by atoms with Crippen LogP contribution in [0.3, 0.4) is 0 Å². The van der Waals surface area contributed by atoms with Gasteiger partial charge < -0.3 is 5.32 Å². The molecule has 16 heavy (non-hydrogen) atoms. The lowest BCUT2D eigenvalue weighted by Crippen LogP contribution is -2.26. The van der Waals surface area contributed by atoms with Crippen molar-refractivity contribution in [3.8, 4) is 0 Å². The second kappa shape index (κ2) is 4.67. The molecule has 1 heterocycles. The van der Waals surface area contributed by atoms with Crippen LogP contribution in [0.1, 0.15) is 42.9 Å². The average Bonchev–Trinajstić information content (AvgIpc) is 2.83. The Morgan fingerprint density at radius 3 is 2.88 bits per heavy atom. The Kier molecular flexibility index (Phi) is 3.23. The summed E-state index contributed by atoms with van der Waals surface area (Å²) in [7, 11) is 0. The van der Waals surface area contributed by atoms with E-state index in [4.69, 9.17) is 11.6 Å². The van der Waals surface area contributed by atoms with Crippen LogP contribution in [0, 0.1) is 5.92 Å². The molecule has 2 fully saturated rings. The van der Waals surface area contributed by atoms with Gasteiger partial charge in [-0.05, 0) is 55.5 Å². The second-order valence-corrected chi connectivity index (χ2v) is 6.47. The number of hydrogen-bond donors (Lipinski definition) is 1. The van der Waals surface area contributed by atoms with Gasteiger partial charge in [0.25, 0.3) is 0 Å². The van der Waals surface area contributed by atoms with Crippen LogP contribution >= 0.6 is 22.9 Å². The van der Waals surface area contributed by atoms with Gasteiger partial charge in [-0.25, -0.2) is 0 Å². The molecule has 1 nitrogen and oxygen atoms in total. The first kappa shape index (κ1) is 11.1. The Bertz CT molecular complexity index is 359. The quantitative estimate of drug-likeness (QED) is 0.856. The lowest BCUT2D eigenvalue weighted by molar-refractivity contribution is 0.446. The van der Waals surface area contributed by atoms with Crippen molar-refractivity contribution in [2.45, 2.75) is 44.1 Å². The van der Waals surface area contributed by atoms with Crippen LogP contribution in [0.5, 0.6) is 0 Å². The molecule has 2 aliphatic rings. The van der Waals surface area contributed by atoms with Gasteiger partial charge in [0.05, 0.1) is 5.02 Å². The Balaban J connectivity index is 1.66. The Labute approximate surface area is 106 Å². The summed E-state index contributed by atoms with van der Waals surface area (Å²) in [6.07, 6.45) is 6.85. The first-order chi connectivity index (χ1) is 7.84. The van der Waals surface area contributed by atoms with Gasteiger partial charge in [0.1, 0.15) is 0 Å². The molecule has 0 saturated heterocycles. The van der Waals surface area contributed by atoms with E-state index in [1.165, 1.54) is 43.5 Å². The first-order valence-electron chi connectivity index (χ1n) is 6.31. The Hall–Kier alpha value is -0.0500. The molecule has 0 radical (unpaired) electrons. The fourth-order valence-electron chi connectivity index (χ4n) is 2.80. The van der Waals surface area contributed by atoms with E-state index in [0.29, 0.717) is 0 Å². The number of rotatable bonds is 4. The highest BCUT2D eigenvalue weighted by molar-refractivity contribution is 7.10. The van der Waals surface area contributed by atoms with Crippen molar-refractivity contribution >= 4 is 22.9 Å². The third kappa shape index (κ3) is 2.29. The molecule has 1 N–H and O–H groups in total. The third-order valence-corrected chi connectivity index (χ3v) is 5.38. The summed E-state index contributed by atoms with van der Waals surface area (Å²) in [6, 6.07) is 2.88. The van der Waals surface area contributed by atoms with Crippen molar-refractivity contribution in [3.63, 3.8) is 0 Å². The molecule has 2 saturated carbocycles. The van der Waals surface area contributed by atoms with Crippen molar-refractivity contribution in [1.29, 1.82) is 0 Å². The molecule has 88 valence electrons.